The van der Waals surface area contributed by atoms with Crippen LogP contribution in [0.4, 0.5) is 21.0 Å². The highest BCUT2D eigenvalue weighted by Crippen LogP contribution is 2.22. The fourth-order valence-corrected chi connectivity index (χ4v) is 1.82. The summed E-state index contributed by atoms with van der Waals surface area (Å²) in [5.41, 5.74) is 1.23. The van der Waals surface area contributed by atoms with Crippen LogP contribution in [0.5, 0.6) is 0 Å². The molecule has 0 aromatic heterocycles. The Bertz CT molecular complexity index is 506. The molecular formula is C13H17N3O4. The highest BCUT2D eigenvalue weighted by atomic mass is 16.6. The molecular weight excluding hydrogens is 262 g/mol. The van der Waals surface area contributed by atoms with E-state index in [-0.39, 0.29) is 18.7 Å². The number of ether oxygens (including phenoxy) is 1. The molecule has 1 aromatic carbocycles. The van der Waals surface area contributed by atoms with Crippen LogP contribution < -0.4 is 15.5 Å². The standard InChI is InChI=1S/C13H17N3O4/c1-9(8-17)14-12(18)15-10-3-2-4-11(7-10)16-5-6-20-13(16)19/h2-4,7,9,17H,5-6,8H2,1H3,(H2,14,15,18)/t9-/m0/s1. The zero-order chi connectivity index (χ0) is 14.5. The number of hydrogen-bond acceptors (Lipinski definition) is 4. The summed E-state index contributed by atoms with van der Waals surface area (Å²) in [4.78, 5) is 24.6. The molecule has 1 aliphatic rings. The molecule has 3 amide bonds. The van der Waals surface area contributed by atoms with Gasteiger partial charge in [-0.05, 0) is 25.1 Å². The molecule has 2 rings (SSSR count). The van der Waals surface area contributed by atoms with E-state index in [4.69, 9.17) is 9.84 Å². The van der Waals surface area contributed by atoms with Gasteiger partial charge in [-0.15, -0.1) is 0 Å². The number of rotatable bonds is 4. The Morgan fingerprint density at radius 3 is 3.00 bits per heavy atom. The number of nitrogens with one attached hydrogen (secondary N) is 2. The van der Waals surface area contributed by atoms with Gasteiger partial charge in [0.05, 0.1) is 19.2 Å². The molecule has 0 bridgehead atoms. The monoisotopic (exact) mass is 279 g/mol. The Labute approximate surface area is 116 Å². The van der Waals surface area contributed by atoms with Gasteiger partial charge in [0.15, 0.2) is 0 Å². The van der Waals surface area contributed by atoms with Crippen molar-refractivity contribution in [3.63, 3.8) is 0 Å². The Morgan fingerprint density at radius 1 is 1.55 bits per heavy atom. The fourth-order valence-electron chi connectivity index (χ4n) is 1.82. The number of hydrogen-bond donors (Lipinski definition) is 3. The molecule has 1 saturated heterocycles. The number of aliphatic hydroxyl groups excluding tert-OH is 1. The molecule has 108 valence electrons. The van der Waals surface area contributed by atoms with E-state index in [9.17, 15) is 9.59 Å². The zero-order valence-corrected chi connectivity index (χ0v) is 11.1. The van der Waals surface area contributed by atoms with Crippen LogP contribution >= 0.6 is 0 Å². The molecule has 1 atom stereocenters. The molecule has 0 saturated carbocycles. The average Bonchev–Trinajstić information content (AvgIpc) is 2.85. The van der Waals surface area contributed by atoms with Crippen LogP contribution in [0.2, 0.25) is 0 Å². The molecule has 7 nitrogen and oxygen atoms in total. The fraction of sp³-hybridized carbons (Fsp3) is 0.385. The molecule has 0 radical (unpaired) electrons. The number of cyclic esters (lactones) is 1. The molecule has 1 aromatic rings. The van der Waals surface area contributed by atoms with Gasteiger partial charge < -0.3 is 20.5 Å². The van der Waals surface area contributed by atoms with Gasteiger partial charge in [0, 0.05) is 11.4 Å². The Kier molecular flexibility index (Phi) is 4.41. The number of urea groups is 1. The second-order valence-corrected chi connectivity index (χ2v) is 4.50. The third-order valence-corrected chi connectivity index (χ3v) is 2.83. The lowest BCUT2D eigenvalue weighted by atomic mass is 10.2. The zero-order valence-electron chi connectivity index (χ0n) is 11.1. The minimum atomic E-state index is -0.410. The number of carbonyl (C=O) groups excluding carboxylic acids is 2. The summed E-state index contributed by atoms with van der Waals surface area (Å²) in [6.07, 6.45) is -0.388. The number of carbonyl (C=O) groups is 2. The maximum absolute atomic E-state index is 11.6. The second-order valence-electron chi connectivity index (χ2n) is 4.50. The minimum Gasteiger partial charge on any atom is -0.447 e. The SMILES string of the molecule is C[C@@H](CO)NC(=O)Nc1cccc(N2CCOC2=O)c1. The summed E-state index contributed by atoms with van der Waals surface area (Å²) >= 11 is 0. The third kappa shape index (κ3) is 3.39. The van der Waals surface area contributed by atoms with Gasteiger partial charge >= 0.3 is 12.1 Å². The van der Waals surface area contributed by atoms with Gasteiger partial charge in [-0.2, -0.15) is 0 Å². The van der Waals surface area contributed by atoms with E-state index in [0.717, 1.165) is 0 Å². The van der Waals surface area contributed by atoms with E-state index in [1.165, 1.54) is 4.90 Å². The van der Waals surface area contributed by atoms with Crippen LogP contribution in [0.25, 0.3) is 0 Å². The summed E-state index contributed by atoms with van der Waals surface area (Å²) in [5.74, 6) is 0. The Hall–Kier alpha value is -2.28. The molecule has 0 aliphatic carbocycles. The third-order valence-electron chi connectivity index (χ3n) is 2.83. The average molecular weight is 279 g/mol. The minimum absolute atomic E-state index is 0.132. The van der Waals surface area contributed by atoms with Gasteiger partial charge in [-0.1, -0.05) is 6.07 Å². The van der Waals surface area contributed by atoms with Gasteiger partial charge in [0.1, 0.15) is 6.61 Å². The van der Waals surface area contributed by atoms with Crippen molar-refractivity contribution in [3.05, 3.63) is 24.3 Å². The summed E-state index contributed by atoms with van der Waals surface area (Å²) in [5, 5.41) is 14.1. The molecule has 0 spiro atoms. The summed E-state index contributed by atoms with van der Waals surface area (Å²) in [6, 6.07) is 6.18. The van der Waals surface area contributed by atoms with Crippen LogP contribution in [0.1, 0.15) is 6.92 Å². The van der Waals surface area contributed by atoms with Crippen LogP contribution in [0.3, 0.4) is 0 Å². The number of aliphatic hydroxyl groups is 1. The quantitative estimate of drug-likeness (QED) is 0.771. The van der Waals surface area contributed by atoms with Crippen molar-refractivity contribution in [2.45, 2.75) is 13.0 Å². The first-order valence-corrected chi connectivity index (χ1v) is 6.33. The van der Waals surface area contributed by atoms with Gasteiger partial charge in [-0.3, -0.25) is 4.90 Å². The van der Waals surface area contributed by atoms with Crippen molar-refractivity contribution in [3.8, 4) is 0 Å². The van der Waals surface area contributed by atoms with Crippen LogP contribution in [-0.4, -0.2) is 43.0 Å². The van der Waals surface area contributed by atoms with Crippen LogP contribution in [-0.2, 0) is 4.74 Å². The van der Waals surface area contributed by atoms with E-state index < -0.39 is 6.03 Å². The van der Waals surface area contributed by atoms with E-state index in [2.05, 4.69) is 10.6 Å². The molecule has 7 heteroatoms. The first-order valence-electron chi connectivity index (χ1n) is 6.33. The van der Waals surface area contributed by atoms with E-state index in [1.807, 2.05) is 0 Å². The topological polar surface area (TPSA) is 90.9 Å². The maximum atomic E-state index is 11.6. The first kappa shape index (κ1) is 14.1. The summed E-state index contributed by atoms with van der Waals surface area (Å²) < 4.78 is 4.87. The molecule has 1 heterocycles. The van der Waals surface area contributed by atoms with E-state index in [1.54, 1.807) is 31.2 Å². The van der Waals surface area contributed by atoms with Crippen LogP contribution in [0.15, 0.2) is 24.3 Å². The number of benzene rings is 1. The lowest BCUT2D eigenvalue weighted by Crippen LogP contribution is -2.38. The van der Waals surface area contributed by atoms with Gasteiger partial charge in [-0.25, -0.2) is 9.59 Å². The van der Waals surface area contributed by atoms with Crippen molar-refractivity contribution in [2.24, 2.45) is 0 Å². The smallest absolute Gasteiger partial charge is 0.414 e. The van der Waals surface area contributed by atoms with Crippen LogP contribution in [0, 0.1) is 0 Å². The highest BCUT2D eigenvalue weighted by Gasteiger charge is 2.23. The van der Waals surface area contributed by atoms with Crippen molar-refractivity contribution in [1.29, 1.82) is 0 Å². The van der Waals surface area contributed by atoms with Gasteiger partial charge in [0.2, 0.25) is 0 Å². The largest absolute Gasteiger partial charge is 0.447 e. The van der Waals surface area contributed by atoms with E-state index in [0.29, 0.717) is 24.5 Å². The Morgan fingerprint density at radius 2 is 2.35 bits per heavy atom. The lowest BCUT2D eigenvalue weighted by Gasteiger charge is -2.15. The normalized spacial score (nSPS) is 15.7. The Balaban J connectivity index is 2.02. The molecule has 0 unspecified atom stereocenters. The number of amides is 3. The highest BCUT2D eigenvalue weighted by molar-refractivity contribution is 5.93. The molecule has 1 aliphatic heterocycles. The number of anilines is 2. The van der Waals surface area contributed by atoms with Crippen molar-refractivity contribution in [2.75, 3.05) is 30.0 Å². The lowest BCUT2D eigenvalue weighted by molar-refractivity contribution is 0.181. The van der Waals surface area contributed by atoms with Crippen molar-refractivity contribution >= 4 is 23.5 Å². The summed E-state index contributed by atoms with van der Waals surface area (Å²) in [6.45, 7) is 2.42. The van der Waals surface area contributed by atoms with E-state index >= 15 is 0 Å². The predicted molar refractivity (Wildman–Crippen MR) is 73.8 cm³/mol. The maximum Gasteiger partial charge on any atom is 0.414 e. The first-order chi connectivity index (χ1) is 9.60. The van der Waals surface area contributed by atoms with Crippen molar-refractivity contribution in [1.82, 2.24) is 5.32 Å². The number of nitrogens with zero attached hydrogens (tertiary/aromatic N) is 1. The molecule has 20 heavy (non-hydrogen) atoms. The van der Waals surface area contributed by atoms with Gasteiger partial charge in [0.25, 0.3) is 0 Å². The van der Waals surface area contributed by atoms with Crippen molar-refractivity contribution < 1.29 is 19.4 Å². The predicted octanol–water partition coefficient (Wildman–Crippen LogP) is 1.15. The molecule has 3 N–H and O–H groups in total. The summed E-state index contributed by atoms with van der Waals surface area (Å²) in [7, 11) is 0. The second kappa shape index (κ2) is 6.25. The molecule has 1 fully saturated rings.